The van der Waals surface area contributed by atoms with Crippen LogP contribution in [0.5, 0.6) is 0 Å². The van der Waals surface area contributed by atoms with Gasteiger partial charge in [0.25, 0.3) is 5.91 Å². The summed E-state index contributed by atoms with van der Waals surface area (Å²) >= 11 is 0. The van der Waals surface area contributed by atoms with Gasteiger partial charge in [0, 0.05) is 5.39 Å². The van der Waals surface area contributed by atoms with Gasteiger partial charge in [-0.05, 0) is 24.3 Å². The van der Waals surface area contributed by atoms with E-state index in [4.69, 9.17) is 5.73 Å². The van der Waals surface area contributed by atoms with Crippen molar-refractivity contribution in [1.29, 1.82) is 0 Å². The summed E-state index contributed by atoms with van der Waals surface area (Å²) in [7, 11) is 0. The molecule has 0 unspecified atom stereocenters. The summed E-state index contributed by atoms with van der Waals surface area (Å²) in [4.78, 5) is 19.9. The van der Waals surface area contributed by atoms with Gasteiger partial charge in [-0.3, -0.25) is 4.79 Å². The van der Waals surface area contributed by atoms with E-state index in [-0.39, 0.29) is 0 Å². The van der Waals surface area contributed by atoms with E-state index >= 15 is 0 Å². The summed E-state index contributed by atoms with van der Waals surface area (Å²) in [5, 5.41) is 4.03. The average molecular weight is 264 g/mol. The number of amides is 1. The summed E-state index contributed by atoms with van der Waals surface area (Å²) in [6.07, 6.45) is 1.48. The molecule has 0 aliphatic rings. The number of nitrogens with two attached hydrogens (primary N) is 1. The van der Waals surface area contributed by atoms with Crippen LogP contribution < -0.4 is 11.1 Å². The van der Waals surface area contributed by atoms with E-state index in [1.165, 1.54) is 6.33 Å². The van der Waals surface area contributed by atoms with E-state index in [2.05, 4.69) is 15.3 Å². The van der Waals surface area contributed by atoms with E-state index in [1.807, 2.05) is 30.3 Å². The number of primary amides is 1. The van der Waals surface area contributed by atoms with E-state index in [9.17, 15) is 4.79 Å². The Morgan fingerprint density at radius 2 is 1.75 bits per heavy atom. The number of rotatable bonds is 3. The fraction of sp³-hybridized carbons (Fsp3) is 0. The molecule has 0 aliphatic heterocycles. The Labute approximate surface area is 115 Å². The summed E-state index contributed by atoms with van der Waals surface area (Å²) in [6, 6.07) is 14.7. The minimum atomic E-state index is -0.480. The molecule has 20 heavy (non-hydrogen) atoms. The molecule has 1 heterocycles. The van der Waals surface area contributed by atoms with Gasteiger partial charge in [-0.2, -0.15) is 0 Å². The van der Waals surface area contributed by atoms with Crippen LogP contribution >= 0.6 is 0 Å². The second-order valence-corrected chi connectivity index (χ2v) is 4.27. The molecule has 98 valence electrons. The topological polar surface area (TPSA) is 80.9 Å². The molecule has 1 aromatic heterocycles. The first-order valence-corrected chi connectivity index (χ1v) is 6.11. The van der Waals surface area contributed by atoms with E-state index in [0.29, 0.717) is 17.1 Å². The third-order valence-electron chi connectivity index (χ3n) is 2.99. The van der Waals surface area contributed by atoms with Crippen LogP contribution in [0.15, 0.2) is 54.9 Å². The van der Waals surface area contributed by atoms with Crippen molar-refractivity contribution in [3.63, 3.8) is 0 Å². The predicted octanol–water partition coefficient (Wildman–Crippen LogP) is 2.47. The molecule has 3 rings (SSSR count). The van der Waals surface area contributed by atoms with Gasteiger partial charge in [-0.15, -0.1) is 0 Å². The van der Waals surface area contributed by atoms with Gasteiger partial charge in [0.1, 0.15) is 12.1 Å². The van der Waals surface area contributed by atoms with Gasteiger partial charge >= 0.3 is 0 Å². The van der Waals surface area contributed by atoms with Gasteiger partial charge in [-0.25, -0.2) is 9.97 Å². The maximum Gasteiger partial charge on any atom is 0.250 e. The Morgan fingerprint density at radius 1 is 1.00 bits per heavy atom. The number of carbonyl (C=O) groups excluding carboxylic acids is 1. The highest BCUT2D eigenvalue weighted by molar-refractivity contribution is 6.00. The zero-order valence-corrected chi connectivity index (χ0v) is 10.6. The Bertz CT molecular complexity index is 780. The van der Waals surface area contributed by atoms with Gasteiger partial charge < -0.3 is 11.1 Å². The number of fused-ring (bicyclic) bond motifs is 1. The molecule has 2 aromatic carbocycles. The normalized spacial score (nSPS) is 10.4. The lowest BCUT2D eigenvalue weighted by molar-refractivity contribution is 0.100. The fourth-order valence-corrected chi connectivity index (χ4v) is 2.04. The van der Waals surface area contributed by atoms with Gasteiger partial charge in [0.2, 0.25) is 0 Å². The van der Waals surface area contributed by atoms with Crippen LogP contribution in [-0.4, -0.2) is 15.9 Å². The van der Waals surface area contributed by atoms with Crippen molar-refractivity contribution in [1.82, 2.24) is 9.97 Å². The van der Waals surface area contributed by atoms with Crippen LogP contribution in [-0.2, 0) is 0 Å². The van der Waals surface area contributed by atoms with Crippen LogP contribution in [0, 0.1) is 0 Å². The number of aromatic nitrogens is 2. The molecule has 1 amide bonds. The third kappa shape index (κ3) is 2.16. The van der Waals surface area contributed by atoms with Crippen molar-refractivity contribution in [3.8, 4) is 0 Å². The number of nitrogens with one attached hydrogen (secondary N) is 1. The average Bonchev–Trinajstić information content (AvgIpc) is 2.48. The molecule has 5 heteroatoms. The summed E-state index contributed by atoms with van der Waals surface area (Å²) in [5.41, 5.74) is 7.26. The molecule has 3 N–H and O–H groups in total. The summed E-state index contributed by atoms with van der Waals surface area (Å²) < 4.78 is 0. The third-order valence-corrected chi connectivity index (χ3v) is 2.99. The highest BCUT2D eigenvalue weighted by Crippen LogP contribution is 2.24. The molecule has 0 atom stereocenters. The molecule has 0 saturated carbocycles. The Kier molecular flexibility index (Phi) is 3.01. The minimum Gasteiger partial charge on any atom is -0.366 e. The molecule has 0 saturated heterocycles. The van der Waals surface area contributed by atoms with Crippen LogP contribution in [0.1, 0.15) is 10.4 Å². The van der Waals surface area contributed by atoms with Crippen molar-refractivity contribution < 1.29 is 4.79 Å². The smallest absolute Gasteiger partial charge is 0.250 e. The second kappa shape index (κ2) is 4.97. The Morgan fingerprint density at radius 3 is 2.60 bits per heavy atom. The number of anilines is 2. The van der Waals surface area contributed by atoms with Crippen LogP contribution in [0.4, 0.5) is 11.5 Å². The lowest BCUT2D eigenvalue weighted by atomic mass is 10.1. The largest absolute Gasteiger partial charge is 0.366 e. The SMILES string of the molecule is NC(=O)c1ccccc1Nc1ncnc2ccccc12. The van der Waals surface area contributed by atoms with Gasteiger partial charge in [-0.1, -0.05) is 24.3 Å². The lowest BCUT2D eigenvalue weighted by Crippen LogP contribution is -2.13. The highest BCUT2D eigenvalue weighted by atomic mass is 16.1. The maximum atomic E-state index is 11.4. The molecule has 5 nitrogen and oxygen atoms in total. The van der Waals surface area contributed by atoms with E-state index < -0.39 is 5.91 Å². The molecule has 0 bridgehead atoms. The summed E-state index contributed by atoms with van der Waals surface area (Å²) in [6.45, 7) is 0. The van der Waals surface area contributed by atoms with Crippen LogP contribution in [0.2, 0.25) is 0 Å². The predicted molar refractivity (Wildman–Crippen MR) is 77.8 cm³/mol. The Hall–Kier alpha value is -2.95. The number of hydrogen-bond donors (Lipinski definition) is 2. The Balaban J connectivity index is 2.08. The number of benzene rings is 2. The van der Waals surface area contributed by atoms with Gasteiger partial charge in [0.15, 0.2) is 0 Å². The first-order chi connectivity index (χ1) is 9.75. The summed E-state index contributed by atoms with van der Waals surface area (Å²) in [5.74, 6) is 0.163. The molecule has 0 spiro atoms. The molecule has 0 aliphatic carbocycles. The van der Waals surface area contributed by atoms with Crippen molar-refractivity contribution in [2.45, 2.75) is 0 Å². The number of para-hydroxylation sites is 2. The molecule has 3 aromatic rings. The molecular formula is C15H12N4O. The zero-order valence-electron chi connectivity index (χ0n) is 10.6. The fourth-order valence-electron chi connectivity index (χ4n) is 2.04. The highest BCUT2D eigenvalue weighted by Gasteiger charge is 2.09. The van der Waals surface area contributed by atoms with E-state index in [0.717, 1.165) is 10.9 Å². The quantitative estimate of drug-likeness (QED) is 0.761. The van der Waals surface area contributed by atoms with Crippen molar-refractivity contribution in [2.24, 2.45) is 5.73 Å². The standard InChI is InChI=1S/C15H12N4O/c16-14(20)10-5-1-4-8-13(10)19-15-11-6-2-3-7-12(11)17-9-18-15/h1-9H,(H2,16,20)(H,17,18,19). The number of carbonyl (C=O) groups is 1. The van der Waals surface area contributed by atoms with Crippen LogP contribution in [0.25, 0.3) is 10.9 Å². The molecular weight excluding hydrogens is 252 g/mol. The number of nitrogens with zero attached hydrogens (tertiary/aromatic N) is 2. The lowest BCUT2D eigenvalue weighted by Gasteiger charge is -2.10. The first-order valence-electron chi connectivity index (χ1n) is 6.11. The zero-order chi connectivity index (χ0) is 13.9. The first kappa shape index (κ1) is 12.1. The van der Waals surface area contributed by atoms with Gasteiger partial charge in [0.05, 0.1) is 16.8 Å². The van der Waals surface area contributed by atoms with Crippen molar-refractivity contribution in [2.75, 3.05) is 5.32 Å². The van der Waals surface area contributed by atoms with Crippen molar-refractivity contribution in [3.05, 3.63) is 60.4 Å². The van der Waals surface area contributed by atoms with Crippen molar-refractivity contribution >= 4 is 28.3 Å². The molecule has 0 fully saturated rings. The number of hydrogen-bond acceptors (Lipinski definition) is 4. The van der Waals surface area contributed by atoms with Crippen LogP contribution in [0.3, 0.4) is 0 Å². The van der Waals surface area contributed by atoms with E-state index in [1.54, 1.807) is 18.2 Å². The second-order valence-electron chi connectivity index (χ2n) is 4.27. The minimum absolute atomic E-state index is 0.426. The monoisotopic (exact) mass is 264 g/mol. The maximum absolute atomic E-state index is 11.4. The molecule has 0 radical (unpaired) electrons.